The molecule has 1 heterocycles. The zero-order valence-corrected chi connectivity index (χ0v) is 11.4. The lowest BCUT2D eigenvalue weighted by atomic mass is 9.86. The summed E-state index contributed by atoms with van der Waals surface area (Å²) in [5.41, 5.74) is 2.40. The van der Waals surface area contributed by atoms with Gasteiger partial charge in [-0.05, 0) is 30.9 Å². The van der Waals surface area contributed by atoms with E-state index in [1.165, 1.54) is 10.9 Å². The van der Waals surface area contributed by atoms with Crippen molar-refractivity contribution >= 4 is 16.9 Å². The molecule has 0 radical (unpaired) electrons. The lowest BCUT2D eigenvalue weighted by Crippen LogP contribution is -2.36. The first-order valence-corrected chi connectivity index (χ1v) is 7.25. The number of carbonyl (C=O) groups is 1. The minimum atomic E-state index is -0.649. The van der Waals surface area contributed by atoms with Crippen molar-refractivity contribution in [3.8, 4) is 0 Å². The Morgan fingerprint density at radius 1 is 1.35 bits per heavy atom. The Labute approximate surface area is 118 Å². The van der Waals surface area contributed by atoms with Gasteiger partial charge in [0.2, 0.25) is 0 Å². The van der Waals surface area contributed by atoms with Gasteiger partial charge in [0.05, 0.1) is 5.92 Å². The summed E-state index contributed by atoms with van der Waals surface area (Å²) in [5, 5.41) is 13.9. The summed E-state index contributed by atoms with van der Waals surface area (Å²) in [6.07, 6.45) is 5.68. The van der Waals surface area contributed by atoms with Crippen LogP contribution < -0.4 is 5.32 Å². The van der Waals surface area contributed by atoms with E-state index in [0.29, 0.717) is 6.04 Å². The van der Waals surface area contributed by atoms with Gasteiger partial charge < -0.3 is 15.4 Å². The predicted molar refractivity (Wildman–Crippen MR) is 78.5 cm³/mol. The van der Waals surface area contributed by atoms with Crippen LogP contribution >= 0.6 is 0 Å². The van der Waals surface area contributed by atoms with Gasteiger partial charge in [-0.2, -0.15) is 0 Å². The molecule has 2 unspecified atom stereocenters. The minimum Gasteiger partial charge on any atom is -0.481 e. The standard InChI is InChI=1S/C16H20N2O2/c19-16(20)11-4-3-5-13(8-11)17-9-12-10-18-15-7-2-1-6-14(12)15/h1-2,6-7,10-11,13,17-18H,3-5,8-9H2,(H,19,20). The molecule has 1 aromatic heterocycles. The molecule has 20 heavy (non-hydrogen) atoms. The third-order valence-corrected chi connectivity index (χ3v) is 4.28. The number of aromatic amines is 1. The third-order valence-electron chi connectivity index (χ3n) is 4.28. The largest absolute Gasteiger partial charge is 0.481 e. The van der Waals surface area contributed by atoms with E-state index < -0.39 is 5.97 Å². The second-order valence-corrected chi connectivity index (χ2v) is 5.64. The highest BCUT2D eigenvalue weighted by molar-refractivity contribution is 5.82. The van der Waals surface area contributed by atoms with Crippen molar-refractivity contribution in [1.29, 1.82) is 0 Å². The summed E-state index contributed by atoms with van der Waals surface area (Å²) < 4.78 is 0. The van der Waals surface area contributed by atoms with Crippen molar-refractivity contribution in [2.24, 2.45) is 5.92 Å². The molecule has 4 nitrogen and oxygen atoms in total. The van der Waals surface area contributed by atoms with Gasteiger partial charge in [0.15, 0.2) is 0 Å². The van der Waals surface area contributed by atoms with Gasteiger partial charge in [0.25, 0.3) is 0 Å². The molecule has 2 aromatic rings. The van der Waals surface area contributed by atoms with Crippen molar-refractivity contribution in [3.63, 3.8) is 0 Å². The number of rotatable bonds is 4. The lowest BCUT2D eigenvalue weighted by molar-refractivity contribution is -0.143. The van der Waals surface area contributed by atoms with E-state index in [1.807, 2.05) is 18.3 Å². The number of fused-ring (bicyclic) bond motifs is 1. The number of nitrogens with one attached hydrogen (secondary N) is 2. The molecular weight excluding hydrogens is 252 g/mol. The number of aliphatic carboxylic acids is 1. The minimum absolute atomic E-state index is 0.177. The van der Waals surface area contributed by atoms with Gasteiger partial charge in [-0.3, -0.25) is 4.79 Å². The maximum atomic E-state index is 11.1. The van der Waals surface area contributed by atoms with E-state index in [-0.39, 0.29) is 5.92 Å². The smallest absolute Gasteiger partial charge is 0.306 e. The van der Waals surface area contributed by atoms with Crippen LogP contribution in [0.1, 0.15) is 31.2 Å². The lowest BCUT2D eigenvalue weighted by Gasteiger charge is -2.27. The van der Waals surface area contributed by atoms with Gasteiger partial charge in [-0.25, -0.2) is 0 Å². The number of hydrogen-bond acceptors (Lipinski definition) is 2. The Kier molecular flexibility index (Phi) is 3.74. The molecule has 0 spiro atoms. The zero-order valence-electron chi connectivity index (χ0n) is 11.4. The second kappa shape index (κ2) is 5.67. The fourth-order valence-electron chi connectivity index (χ4n) is 3.13. The summed E-state index contributed by atoms with van der Waals surface area (Å²) in [4.78, 5) is 14.3. The number of carboxylic acid groups (broad SMARTS) is 1. The molecule has 4 heteroatoms. The SMILES string of the molecule is O=C(O)C1CCCC(NCc2c[nH]c3ccccc23)C1. The highest BCUT2D eigenvalue weighted by Gasteiger charge is 2.26. The molecule has 1 saturated carbocycles. The molecule has 1 aromatic carbocycles. The number of para-hydroxylation sites is 1. The summed E-state index contributed by atoms with van der Waals surface area (Å²) in [6, 6.07) is 8.57. The average Bonchev–Trinajstić information content (AvgIpc) is 2.89. The van der Waals surface area contributed by atoms with Crippen LogP contribution in [0.5, 0.6) is 0 Å². The van der Waals surface area contributed by atoms with E-state index in [0.717, 1.165) is 37.7 Å². The Balaban J connectivity index is 1.63. The van der Waals surface area contributed by atoms with Gasteiger partial charge >= 0.3 is 5.97 Å². The Hall–Kier alpha value is -1.81. The number of H-pyrrole nitrogens is 1. The molecule has 3 N–H and O–H groups in total. The average molecular weight is 272 g/mol. The molecule has 106 valence electrons. The van der Waals surface area contributed by atoms with Crippen LogP contribution in [0.15, 0.2) is 30.5 Å². The maximum absolute atomic E-state index is 11.1. The summed E-state index contributed by atoms with van der Waals surface area (Å²) in [6.45, 7) is 0.793. The maximum Gasteiger partial charge on any atom is 0.306 e. The number of carboxylic acids is 1. The van der Waals surface area contributed by atoms with E-state index >= 15 is 0 Å². The first-order chi connectivity index (χ1) is 9.74. The molecule has 1 aliphatic carbocycles. The quantitative estimate of drug-likeness (QED) is 0.801. The molecule has 0 saturated heterocycles. The van der Waals surface area contributed by atoms with Crippen LogP contribution in [0.4, 0.5) is 0 Å². The topological polar surface area (TPSA) is 65.1 Å². The molecule has 2 atom stereocenters. The normalized spacial score (nSPS) is 23.0. The Morgan fingerprint density at radius 2 is 2.20 bits per heavy atom. The van der Waals surface area contributed by atoms with E-state index in [4.69, 9.17) is 5.11 Å². The fraction of sp³-hybridized carbons (Fsp3) is 0.438. The van der Waals surface area contributed by atoms with Gasteiger partial charge in [0, 0.05) is 29.7 Å². The van der Waals surface area contributed by atoms with Gasteiger partial charge in [-0.15, -0.1) is 0 Å². The first kappa shape index (κ1) is 13.2. The van der Waals surface area contributed by atoms with Crippen LogP contribution in [0.3, 0.4) is 0 Å². The Morgan fingerprint density at radius 3 is 3.05 bits per heavy atom. The molecule has 0 amide bonds. The second-order valence-electron chi connectivity index (χ2n) is 5.64. The molecule has 0 aliphatic heterocycles. The van der Waals surface area contributed by atoms with Crippen LogP contribution in [0.2, 0.25) is 0 Å². The number of hydrogen-bond donors (Lipinski definition) is 3. The summed E-state index contributed by atoms with van der Waals surface area (Å²) in [7, 11) is 0. The van der Waals surface area contributed by atoms with Crippen molar-refractivity contribution in [2.45, 2.75) is 38.3 Å². The van der Waals surface area contributed by atoms with Crippen LogP contribution in [-0.2, 0) is 11.3 Å². The number of benzene rings is 1. The van der Waals surface area contributed by atoms with Crippen molar-refractivity contribution in [1.82, 2.24) is 10.3 Å². The molecule has 1 aliphatic rings. The fourth-order valence-corrected chi connectivity index (χ4v) is 3.13. The zero-order chi connectivity index (χ0) is 13.9. The summed E-state index contributed by atoms with van der Waals surface area (Å²) in [5.74, 6) is -0.826. The van der Waals surface area contributed by atoms with Gasteiger partial charge in [0.1, 0.15) is 0 Å². The van der Waals surface area contributed by atoms with E-state index in [1.54, 1.807) is 0 Å². The molecular formula is C16H20N2O2. The van der Waals surface area contributed by atoms with Crippen molar-refractivity contribution in [3.05, 3.63) is 36.0 Å². The predicted octanol–water partition coefficient (Wildman–Crippen LogP) is 2.90. The monoisotopic (exact) mass is 272 g/mol. The van der Waals surface area contributed by atoms with Crippen LogP contribution in [0.25, 0.3) is 10.9 Å². The summed E-state index contributed by atoms with van der Waals surface area (Å²) >= 11 is 0. The Bertz CT molecular complexity index is 605. The number of aromatic nitrogens is 1. The van der Waals surface area contributed by atoms with Crippen molar-refractivity contribution in [2.75, 3.05) is 0 Å². The first-order valence-electron chi connectivity index (χ1n) is 7.25. The van der Waals surface area contributed by atoms with E-state index in [9.17, 15) is 4.79 Å². The molecule has 1 fully saturated rings. The van der Waals surface area contributed by atoms with Crippen LogP contribution in [-0.4, -0.2) is 22.1 Å². The van der Waals surface area contributed by atoms with E-state index in [2.05, 4.69) is 22.4 Å². The van der Waals surface area contributed by atoms with Crippen LogP contribution in [0, 0.1) is 5.92 Å². The highest BCUT2D eigenvalue weighted by Crippen LogP contribution is 2.25. The molecule has 0 bridgehead atoms. The third kappa shape index (κ3) is 2.70. The van der Waals surface area contributed by atoms with Gasteiger partial charge in [-0.1, -0.05) is 24.6 Å². The highest BCUT2D eigenvalue weighted by atomic mass is 16.4. The van der Waals surface area contributed by atoms with Crippen molar-refractivity contribution < 1.29 is 9.90 Å². The molecule has 3 rings (SSSR count).